The van der Waals surface area contributed by atoms with Gasteiger partial charge in [0.15, 0.2) is 5.16 Å². The summed E-state index contributed by atoms with van der Waals surface area (Å²) in [6.07, 6.45) is 0. The Kier molecular flexibility index (Phi) is 5.61. The molecule has 0 aliphatic carbocycles. The molecule has 2 aromatic carbocycles. The number of hydrogen-bond donors (Lipinski definition) is 0. The number of nitrogens with zero attached hydrogens (tertiary/aromatic N) is 2. The van der Waals surface area contributed by atoms with E-state index in [1.54, 1.807) is 17.7 Å². The van der Waals surface area contributed by atoms with E-state index in [4.69, 9.17) is 4.74 Å². The van der Waals surface area contributed by atoms with Crippen LogP contribution in [0.5, 0.6) is 5.75 Å². The van der Waals surface area contributed by atoms with Crippen molar-refractivity contribution in [1.82, 2.24) is 9.55 Å². The summed E-state index contributed by atoms with van der Waals surface area (Å²) in [5.41, 5.74) is 1.60. The first-order valence-electron chi connectivity index (χ1n) is 9.05. The Morgan fingerprint density at radius 3 is 2.57 bits per heavy atom. The Balaban J connectivity index is 2.22. The third-order valence-corrected chi connectivity index (χ3v) is 5.43. The highest BCUT2D eigenvalue weighted by molar-refractivity contribution is 7.99. The number of Topliss-reactive ketones (excluding diaryl/α,β-unsaturated/α-hetero) is 1. The molecule has 28 heavy (non-hydrogen) atoms. The normalized spacial score (nSPS) is 11.6. The second-order valence-corrected chi connectivity index (χ2v) is 8.63. The second kappa shape index (κ2) is 7.80. The third kappa shape index (κ3) is 3.97. The average molecular weight is 397 g/mol. The van der Waals surface area contributed by atoms with E-state index in [1.807, 2.05) is 64.1 Å². The smallest absolute Gasteiger partial charge is 0.266 e. The van der Waals surface area contributed by atoms with Gasteiger partial charge < -0.3 is 4.74 Å². The van der Waals surface area contributed by atoms with Crippen molar-refractivity contribution in [3.63, 3.8) is 0 Å². The number of ether oxygens (including phenoxy) is 1. The molecule has 1 heterocycles. The Labute approximate surface area is 168 Å². The van der Waals surface area contributed by atoms with Crippen LogP contribution >= 0.6 is 11.8 Å². The van der Waals surface area contributed by atoms with Gasteiger partial charge in [-0.05, 0) is 36.8 Å². The number of benzene rings is 2. The summed E-state index contributed by atoms with van der Waals surface area (Å²) in [6, 6.07) is 12.9. The number of hydrogen-bond acceptors (Lipinski definition) is 5. The van der Waals surface area contributed by atoms with Gasteiger partial charge in [-0.2, -0.15) is 0 Å². The van der Waals surface area contributed by atoms with E-state index in [-0.39, 0.29) is 17.1 Å². The van der Waals surface area contributed by atoms with Gasteiger partial charge in [-0.1, -0.05) is 50.7 Å². The zero-order chi connectivity index (χ0) is 20.5. The molecule has 0 amide bonds. The topological polar surface area (TPSA) is 61.2 Å². The zero-order valence-electron chi connectivity index (χ0n) is 16.8. The lowest BCUT2D eigenvalue weighted by Gasteiger charge is -2.18. The number of ketones is 1. The van der Waals surface area contributed by atoms with Crippen molar-refractivity contribution in [2.24, 2.45) is 5.41 Å². The van der Waals surface area contributed by atoms with E-state index in [0.29, 0.717) is 27.5 Å². The standard InChI is InChI=1S/C22H24N2O3S/c1-14-10-11-18(27-5)17(12-14)24-20(26)15-8-6-7-9-16(15)23-21(24)28-13-19(25)22(2,3)4/h6-12H,13H2,1-5H3. The maximum atomic E-state index is 13.3. The van der Waals surface area contributed by atoms with Crippen LogP contribution in [-0.4, -0.2) is 28.2 Å². The molecule has 0 aliphatic heterocycles. The minimum atomic E-state index is -0.448. The fourth-order valence-corrected chi connectivity index (χ4v) is 3.91. The highest BCUT2D eigenvalue weighted by Crippen LogP contribution is 2.29. The summed E-state index contributed by atoms with van der Waals surface area (Å²) in [4.78, 5) is 30.5. The van der Waals surface area contributed by atoms with Crippen molar-refractivity contribution in [1.29, 1.82) is 0 Å². The number of aromatic nitrogens is 2. The molecule has 6 heteroatoms. The first-order chi connectivity index (χ1) is 13.2. The number of rotatable bonds is 5. The lowest BCUT2D eigenvalue weighted by atomic mass is 9.92. The molecule has 1 aromatic heterocycles. The summed E-state index contributed by atoms with van der Waals surface area (Å²) < 4.78 is 7.04. The van der Waals surface area contributed by atoms with Gasteiger partial charge in [0.05, 0.1) is 29.5 Å². The molecule has 3 rings (SSSR count). The van der Waals surface area contributed by atoms with Crippen molar-refractivity contribution in [3.05, 3.63) is 58.4 Å². The van der Waals surface area contributed by atoms with Gasteiger partial charge in [0, 0.05) is 5.41 Å². The highest BCUT2D eigenvalue weighted by Gasteiger charge is 2.23. The van der Waals surface area contributed by atoms with Crippen molar-refractivity contribution < 1.29 is 9.53 Å². The molecule has 146 valence electrons. The van der Waals surface area contributed by atoms with Crippen molar-refractivity contribution in [2.45, 2.75) is 32.9 Å². The summed E-state index contributed by atoms with van der Waals surface area (Å²) >= 11 is 1.28. The largest absolute Gasteiger partial charge is 0.495 e. The van der Waals surface area contributed by atoms with Crippen LogP contribution in [0.15, 0.2) is 52.4 Å². The number of methoxy groups -OCH3 is 1. The van der Waals surface area contributed by atoms with E-state index in [1.165, 1.54) is 11.8 Å². The monoisotopic (exact) mass is 396 g/mol. The lowest BCUT2D eigenvalue weighted by Crippen LogP contribution is -2.25. The molecule has 0 saturated heterocycles. The Bertz CT molecular complexity index is 1100. The van der Waals surface area contributed by atoms with Gasteiger partial charge in [-0.3, -0.25) is 14.2 Å². The fourth-order valence-electron chi connectivity index (χ4n) is 2.74. The SMILES string of the molecule is COc1ccc(C)cc1-n1c(SCC(=O)C(C)(C)C)nc2ccccc2c1=O. The molecule has 0 aliphatic rings. The van der Waals surface area contributed by atoms with Gasteiger partial charge in [-0.15, -0.1) is 0 Å². The zero-order valence-corrected chi connectivity index (χ0v) is 17.6. The number of fused-ring (bicyclic) bond motifs is 1. The number of para-hydroxylation sites is 1. The van der Waals surface area contributed by atoms with Crippen LogP contribution in [0.2, 0.25) is 0 Å². The molecule has 0 spiro atoms. The average Bonchev–Trinajstić information content (AvgIpc) is 2.65. The predicted octanol–water partition coefficient (Wildman–Crippen LogP) is 4.41. The van der Waals surface area contributed by atoms with Gasteiger partial charge in [-0.25, -0.2) is 4.98 Å². The first-order valence-corrected chi connectivity index (χ1v) is 10.0. The Morgan fingerprint density at radius 1 is 1.18 bits per heavy atom. The Morgan fingerprint density at radius 2 is 1.89 bits per heavy atom. The predicted molar refractivity (Wildman–Crippen MR) is 114 cm³/mol. The van der Waals surface area contributed by atoms with Crippen LogP contribution in [0.25, 0.3) is 16.6 Å². The van der Waals surface area contributed by atoms with Crippen LogP contribution < -0.4 is 10.3 Å². The molecular formula is C22H24N2O3S. The minimum absolute atomic E-state index is 0.0997. The van der Waals surface area contributed by atoms with Gasteiger partial charge in [0.1, 0.15) is 11.5 Å². The molecular weight excluding hydrogens is 372 g/mol. The van der Waals surface area contributed by atoms with E-state index >= 15 is 0 Å². The van der Waals surface area contributed by atoms with Crippen molar-refractivity contribution in [2.75, 3.05) is 12.9 Å². The molecule has 0 unspecified atom stereocenters. The first kappa shape index (κ1) is 20.1. The third-order valence-electron chi connectivity index (χ3n) is 4.49. The van der Waals surface area contributed by atoms with Crippen LogP contribution in [0, 0.1) is 12.3 Å². The molecule has 0 bridgehead atoms. The van der Waals surface area contributed by atoms with E-state index in [2.05, 4.69) is 4.98 Å². The van der Waals surface area contributed by atoms with Gasteiger partial charge >= 0.3 is 0 Å². The molecule has 5 nitrogen and oxygen atoms in total. The van der Waals surface area contributed by atoms with E-state index < -0.39 is 5.41 Å². The van der Waals surface area contributed by atoms with Gasteiger partial charge in [0.25, 0.3) is 5.56 Å². The molecule has 0 atom stereocenters. The summed E-state index contributed by atoms with van der Waals surface area (Å²) in [5.74, 6) is 0.916. The number of aryl methyl sites for hydroxylation is 1. The van der Waals surface area contributed by atoms with E-state index in [0.717, 1.165) is 5.56 Å². The summed E-state index contributed by atoms with van der Waals surface area (Å²) in [6.45, 7) is 7.62. The van der Waals surface area contributed by atoms with Crippen molar-refractivity contribution >= 4 is 28.4 Å². The van der Waals surface area contributed by atoms with Crippen molar-refractivity contribution in [3.8, 4) is 11.4 Å². The molecule has 0 N–H and O–H groups in total. The summed E-state index contributed by atoms with van der Waals surface area (Å²) in [7, 11) is 1.57. The second-order valence-electron chi connectivity index (χ2n) is 7.69. The van der Waals surface area contributed by atoms with Crippen LogP contribution in [0.4, 0.5) is 0 Å². The summed E-state index contributed by atoms with van der Waals surface area (Å²) in [5, 5.41) is 1.00. The maximum Gasteiger partial charge on any atom is 0.266 e. The molecule has 0 radical (unpaired) electrons. The highest BCUT2D eigenvalue weighted by atomic mass is 32.2. The number of carbonyl (C=O) groups excluding carboxylic acids is 1. The van der Waals surface area contributed by atoms with Gasteiger partial charge in [0.2, 0.25) is 0 Å². The quantitative estimate of drug-likeness (QED) is 0.472. The Hall–Kier alpha value is -2.60. The minimum Gasteiger partial charge on any atom is -0.495 e. The number of carbonyl (C=O) groups is 1. The lowest BCUT2D eigenvalue weighted by molar-refractivity contribution is -0.123. The van der Waals surface area contributed by atoms with E-state index in [9.17, 15) is 9.59 Å². The van der Waals surface area contributed by atoms with Crippen LogP contribution in [0.1, 0.15) is 26.3 Å². The maximum absolute atomic E-state index is 13.3. The molecule has 0 saturated carbocycles. The van der Waals surface area contributed by atoms with Crippen LogP contribution in [-0.2, 0) is 4.79 Å². The molecule has 0 fully saturated rings. The number of thioether (sulfide) groups is 1. The van der Waals surface area contributed by atoms with Crippen LogP contribution in [0.3, 0.4) is 0 Å². The fraction of sp³-hybridized carbons (Fsp3) is 0.318. The molecule has 3 aromatic rings.